The van der Waals surface area contributed by atoms with Gasteiger partial charge in [-0.25, -0.2) is 0 Å². The summed E-state index contributed by atoms with van der Waals surface area (Å²) in [6, 6.07) is 18.6. The van der Waals surface area contributed by atoms with Gasteiger partial charge in [-0.15, -0.1) is 0 Å². The molecule has 0 atom stereocenters. The van der Waals surface area contributed by atoms with Crippen LogP contribution in [0.5, 0.6) is 0 Å². The van der Waals surface area contributed by atoms with Crippen LogP contribution < -0.4 is 0 Å². The van der Waals surface area contributed by atoms with Crippen molar-refractivity contribution in [1.82, 2.24) is 0 Å². The fourth-order valence-electron chi connectivity index (χ4n) is 4.12. The Morgan fingerprint density at radius 3 is 1.28 bits per heavy atom. The molecule has 2 aliphatic rings. The summed E-state index contributed by atoms with van der Waals surface area (Å²) >= 11 is 0. The Balaban J connectivity index is 0.000000181. The van der Waals surface area contributed by atoms with E-state index in [0.717, 1.165) is 13.2 Å². The molecule has 3 heteroatoms. The average Bonchev–Trinajstić information content (AvgIpc) is 2.80. The van der Waals surface area contributed by atoms with E-state index in [9.17, 15) is 0 Å². The Labute approximate surface area is 203 Å². The molecule has 2 heterocycles. The van der Waals surface area contributed by atoms with Crippen molar-refractivity contribution in [3.05, 3.63) is 59.7 Å². The van der Waals surface area contributed by atoms with Crippen LogP contribution in [0, 0.1) is 0 Å². The quantitative estimate of drug-likeness (QED) is 0.422. The molecule has 0 bridgehead atoms. The van der Waals surface area contributed by atoms with Crippen LogP contribution >= 0.6 is 0 Å². The largest absolute Gasteiger partial charge is 0.372 e. The van der Waals surface area contributed by atoms with Gasteiger partial charge in [-0.1, -0.05) is 65.8 Å². The Morgan fingerprint density at radius 2 is 0.906 bits per heavy atom. The van der Waals surface area contributed by atoms with E-state index in [0.29, 0.717) is 21.8 Å². The van der Waals surface area contributed by atoms with Crippen LogP contribution in [-0.4, -0.2) is 36.2 Å². The molecule has 2 aromatic carbocycles. The fourth-order valence-corrected chi connectivity index (χ4v) is 8.26. The second-order valence-corrected chi connectivity index (χ2v) is 15.6. The summed E-state index contributed by atoms with van der Waals surface area (Å²) in [6.07, 6.45) is 4.32. The third-order valence-corrected chi connectivity index (χ3v) is 11.1. The minimum absolute atomic E-state index is 0.261. The maximum absolute atomic E-state index is 5.41. The van der Waals surface area contributed by atoms with Gasteiger partial charge in [-0.2, -0.15) is 0 Å². The maximum atomic E-state index is 5.41. The minimum atomic E-state index is 0.261. The second-order valence-electron chi connectivity index (χ2n) is 11.0. The lowest BCUT2D eigenvalue weighted by Crippen LogP contribution is -2.26. The van der Waals surface area contributed by atoms with Gasteiger partial charge >= 0.3 is 0 Å². The van der Waals surface area contributed by atoms with Crippen molar-refractivity contribution in [3.8, 4) is 0 Å². The molecule has 176 valence electrons. The predicted octanol–water partition coefficient (Wildman–Crippen LogP) is 7.14. The van der Waals surface area contributed by atoms with Crippen molar-refractivity contribution in [2.45, 2.75) is 81.4 Å². The fraction of sp³-hybridized carbons (Fsp3) is 0.586. The normalized spacial score (nSPS) is 18.7. The predicted molar refractivity (Wildman–Crippen MR) is 146 cm³/mol. The highest BCUT2D eigenvalue weighted by Crippen LogP contribution is 2.27. The lowest BCUT2D eigenvalue weighted by atomic mass is 9.87. The van der Waals surface area contributed by atoms with E-state index in [2.05, 4.69) is 90.1 Å². The molecule has 2 fully saturated rings. The monoisotopic (exact) mass is 472 g/mol. The van der Waals surface area contributed by atoms with E-state index >= 15 is 0 Å². The summed E-state index contributed by atoms with van der Waals surface area (Å²) in [4.78, 5) is 3.10. The molecular weight excluding hydrogens is 428 g/mol. The van der Waals surface area contributed by atoms with Crippen LogP contribution in [-0.2, 0) is 37.4 Å². The molecule has 0 amide bonds. The number of hydrogen-bond donors (Lipinski definition) is 0. The summed E-state index contributed by atoms with van der Waals surface area (Å²) in [5, 5.41) is 0. The highest BCUT2D eigenvalue weighted by molar-refractivity contribution is 7.97. The second kappa shape index (κ2) is 11.5. The maximum Gasteiger partial charge on any atom is 0.155 e. The lowest BCUT2D eigenvalue weighted by Gasteiger charge is -2.19. The Hall–Kier alpha value is -0.900. The molecule has 0 aliphatic carbocycles. The molecule has 0 saturated carbocycles. The van der Waals surface area contributed by atoms with Gasteiger partial charge in [0.2, 0.25) is 0 Å². The molecule has 0 radical (unpaired) electrons. The Bertz CT molecular complexity index is 729. The van der Waals surface area contributed by atoms with Gasteiger partial charge < -0.3 is 4.74 Å². The van der Waals surface area contributed by atoms with Gasteiger partial charge in [-0.05, 0) is 65.5 Å². The van der Waals surface area contributed by atoms with E-state index in [1.54, 1.807) is 4.90 Å². The van der Waals surface area contributed by atoms with Gasteiger partial charge in [-0.3, -0.25) is 0 Å². The third-order valence-electron chi connectivity index (χ3n) is 6.34. The van der Waals surface area contributed by atoms with Gasteiger partial charge in [0, 0.05) is 21.8 Å². The summed E-state index contributed by atoms with van der Waals surface area (Å²) < 4.78 is 5.41. The summed E-state index contributed by atoms with van der Waals surface area (Å²) in [6.45, 7) is 15.5. The summed E-state index contributed by atoms with van der Waals surface area (Å²) in [7, 11) is 0.989. The molecule has 0 spiro atoms. The lowest BCUT2D eigenvalue weighted by molar-refractivity contribution is 0.159. The molecule has 2 aromatic rings. The van der Waals surface area contributed by atoms with Crippen LogP contribution in [0.2, 0.25) is 0 Å². The van der Waals surface area contributed by atoms with Gasteiger partial charge in [0.25, 0.3) is 0 Å². The first-order valence-electron chi connectivity index (χ1n) is 12.3. The van der Waals surface area contributed by atoms with Crippen LogP contribution in [0.25, 0.3) is 0 Å². The number of hydrogen-bond acceptors (Lipinski definition) is 1. The zero-order chi connectivity index (χ0) is 23.2. The first kappa shape index (κ1) is 25.7. The number of ether oxygens (including phenoxy) is 1. The Morgan fingerprint density at radius 1 is 0.531 bits per heavy atom. The van der Waals surface area contributed by atoms with Crippen molar-refractivity contribution >= 4 is 21.8 Å². The highest BCUT2D eigenvalue weighted by atomic mass is 32.2. The topological polar surface area (TPSA) is 9.23 Å². The summed E-state index contributed by atoms with van der Waals surface area (Å²) in [5.41, 5.74) is 3.43. The van der Waals surface area contributed by atoms with E-state index in [1.165, 1.54) is 58.3 Å². The van der Waals surface area contributed by atoms with E-state index < -0.39 is 0 Å². The standard InChI is InChI=1S/C15H23S.C14H21OS/c1-15(2,3)13-7-9-14(10-8-13)16-11-5-4-6-12-16;1-14(2,3)12-4-6-13(7-5-12)16-10-8-15-9-11-16/h7-10H,4-6,11-12H2,1-3H3;4-7H,8-11H2,1-3H3/q2*+1. The molecular formula is C29H44OS2+2. The average molecular weight is 473 g/mol. The molecule has 4 rings (SSSR count). The van der Waals surface area contributed by atoms with Crippen molar-refractivity contribution in [2.75, 3.05) is 36.2 Å². The SMILES string of the molecule is CC(C)(C)c1ccc([S+]2CCCCC2)cc1.CC(C)(C)c1ccc([S+]2CCOCC2)cc1. The van der Waals surface area contributed by atoms with E-state index in [4.69, 9.17) is 4.74 Å². The van der Waals surface area contributed by atoms with Crippen molar-refractivity contribution < 1.29 is 4.74 Å². The molecule has 0 aromatic heterocycles. The zero-order valence-electron chi connectivity index (χ0n) is 21.2. The summed E-state index contributed by atoms with van der Waals surface area (Å²) in [5.74, 6) is 5.26. The number of rotatable bonds is 2. The van der Waals surface area contributed by atoms with Crippen molar-refractivity contribution in [2.24, 2.45) is 0 Å². The molecule has 2 aliphatic heterocycles. The third kappa shape index (κ3) is 7.57. The van der Waals surface area contributed by atoms with Crippen LogP contribution in [0.4, 0.5) is 0 Å². The van der Waals surface area contributed by atoms with Gasteiger partial charge in [0.1, 0.15) is 23.0 Å². The van der Waals surface area contributed by atoms with E-state index in [1.807, 2.05) is 0 Å². The smallest absolute Gasteiger partial charge is 0.155 e. The van der Waals surface area contributed by atoms with Crippen molar-refractivity contribution in [1.29, 1.82) is 0 Å². The minimum Gasteiger partial charge on any atom is -0.372 e. The molecule has 0 N–H and O–H groups in total. The molecule has 32 heavy (non-hydrogen) atoms. The van der Waals surface area contributed by atoms with Gasteiger partial charge in [0.05, 0.1) is 13.2 Å². The van der Waals surface area contributed by atoms with Crippen LogP contribution in [0.3, 0.4) is 0 Å². The van der Waals surface area contributed by atoms with Gasteiger partial charge in [0.15, 0.2) is 9.79 Å². The van der Waals surface area contributed by atoms with Crippen LogP contribution in [0.15, 0.2) is 58.3 Å². The zero-order valence-corrected chi connectivity index (χ0v) is 22.8. The number of benzene rings is 2. The molecule has 2 saturated heterocycles. The molecule has 1 nitrogen and oxygen atoms in total. The first-order valence-corrected chi connectivity index (χ1v) is 15.4. The highest BCUT2D eigenvalue weighted by Gasteiger charge is 2.26. The Kier molecular flexibility index (Phi) is 9.23. The van der Waals surface area contributed by atoms with Crippen molar-refractivity contribution in [3.63, 3.8) is 0 Å². The van der Waals surface area contributed by atoms with E-state index in [-0.39, 0.29) is 10.8 Å². The van der Waals surface area contributed by atoms with Crippen LogP contribution in [0.1, 0.15) is 71.9 Å². The first-order chi connectivity index (χ1) is 15.1. The molecule has 0 unspecified atom stereocenters.